The monoisotopic (exact) mass is 337 g/mol. The maximum atomic E-state index is 12.8. The third kappa shape index (κ3) is 2.38. The summed E-state index contributed by atoms with van der Waals surface area (Å²) < 4.78 is 5.63. The Kier molecular flexibility index (Phi) is 3.53. The first kappa shape index (κ1) is 15.7. The second-order valence-corrected chi connectivity index (χ2v) is 6.71. The molecule has 1 aromatic heterocycles. The molecular weight excluding hydrogens is 318 g/mol. The molecule has 5 N–H and O–H groups in total. The SMILES string of the molecule is Cc1ccc2cc(C3C(C#N)=C(N)OC4NNC(C)C43)c(=O)[nH]c2c1. The number of allylic oxidation sites excluding steroid dienone is 1. The van der Waals surface area contributed by atoms with Crippen molar-refractivity contribution in [1.82, 2.24) is 15.8 Å². The number of nitriles is 1. The highest BCUT2D eigenvalue weighted by atomic mass is 16.5. The van der Waals surface area contributed by atoms with Crippen molar-refractivity contribution in [2.45, 2.75) is 32.0 Å². The minimum atomic E-state index is -0.435. The number of nitrogens with two attached hydrogens (primary N) is 1. The summed E-state index contributed by atoms with van der Waals surface area (Å²) in [6.07, 6.45) is -0.384. The molecule has 0 spiro atoms. The van der Waals surface area contributed by atoms with Gasteiger partial charge in [-0.25, -0.2) is 5.43 Å². The molecule has 2 aliphatic heterocycles. The predicted octanol–water partition coefficient (Wildman–Crippen LogP) is 1.08. The highest BCUT2D eigenvalue weighted by molar-refractivity contribution is 5.80. The average molecular weight is 337 g/mol. The Morgan fingerprint density at radius 2 is 2.08 bits per heavy atom. The number of hydrazine groups is 1. The van der Waals surface area contributed by atoms with Gasteiger partial charge in [-0.15, -0.1) is 0 Å². The number of aromatic amines is 1. The number of pyridine rings is 1. The van der Waals surface area contributed by atoms with Crippen LogP contribution in [0.5, 0.6) is 0 Å². The molecule has 0 bridgehead atoms. The zero-order chi connectivity index (χ0) is 17.7. The van der Waals surface area contributed by atoms with Crippen LogP contribution in [0.1, 0.15) is 24.0 Å². The lowest BCUT2D eigenvalue weighted by atomic mass is 9.76. The molecule has 0 amide bonds. The molecule has 4 unspecified atom stereocenters. The zero-order valence-electron chi connectivity index (χ0n) is 14.0. The van der Waals surface area contributed by atoms with Crippen LogP contribution in [-0.4, -0.2) is 17.3 Å². The minimum Gasteiger partial charge on any atom is -0.458 e. The highest BCUT2D eigenvalue weighted by Gasteiger charge is 2.47. The van der Waals surface area contributed by atoms with E-state index in [1.165, 1.54) is 0 Å². The molecule has 0 saturated carbocycles. The number of aromatic nitrogens is 1. The summed E-state index contributed by atoms with van der Waals surface area (Å²) in [6, 6.07) is 9.91. The number of H-pyrrole nitrogens is 1. The average Bonchev–Trinajstić information content (AvgIpc) is 2.93. The molecule has 1 saturated heterocycles. The van der Waals surface area contributed by atoms with Crippen LogP contribution in [0.3, 0.4) is 0 Å². The van der Waals surface area contributed by atoms with Crippen molar-refractivity contribution in [3.63, 3.8) is 0 Å². The number of nitrogens with zero attached hydrogens (tertiary/aromatic N) is 1. The fourth-order valence-corrected chi connectivity index (χ4v) is 3.84. The van der Waals surface area contributed by atoms with E-state index < -0.39 is 5.92 Å². The number of aryl methyl sites for hydroxylation is 1. The second kappa shape index (κ2) is 5.62. The molecule has 7 nitrogen and oxygen atoms in total. The Bertz CT molecular complexity index is 987. The second-order valence-electron chi connectivity index (χ2n) is 6.71. The van der Waals surface area contributed by atoms with Crippen LogP contribution in [-0.2, 0) is 4.74 Å². The Morgan fingerprint density at radius 1 is 1.28 bits per heavy atom. The lowest BCUT2D eigenvalue weighted by Crippen LogP contribution is -2.42. The van der Waals surface area contributed by atoms with Crippen LogP contribution >= 0.6 is 0 Å². The topological polar surface area (TPSA) is 116 Å². The lowest BCUT2D eigenvalue weighted by Gasteiger charge is -2.34. The number of hydrogen-bond acceptors (Lipinski definition) is 6. The van der Waals surface area contributed by atoms with Gasteiger partial charge in [0.2, 0.25) is 5.88 Å². The molecule has 3 heterocycles. The molecule has 0 radical (unpaired) electrons. The van der Waals surface area contributed by atoms with Gasteiger partial charge in [0.25, 0.3) is 5.56 Å². The van der Waals surface area contributed by atoms with E-state index in [2.05, 4.69) is 21.9 Å². The quantitative estimate of drug-likeness (QED) is 0.619. The number of hydrogen-bond donors (Lipinski definition) is 4. The number of ether oxygens (including phenoxy) is 1. The molecular formula is C18H19N5O2. The van der Waals surface area contributed by atoms with Crippen molar-refractivity contribution in [3.8, 4) is 6.07 Å². The molecule has 2 aromatic rings. The van der Waals surface area contributed by atoms with Crippen molar-refractivity contribution >= 4 is 10.9 Å². The van der Waals surface area contributed by atoms with Gasteiger partial charge in [0.1, 0.15) is 6.07 Å². The van der Waals surface area contributed by atoms with Gasteiger partial charge >= 0.3 is 0 Å². The molecule has 7 heteroatoms. The summed E-state index contributed by atoms with van der Waals surface area (Å²) in [6.45, 7) is 3.96. The van der Waals surface area contributed by atoms with E-state index in [1.54, 1.807) is 0 Å². The van der Waals surface area contributed by atoms with Crippen molar-refractivity contribution in [2.24, 2.45) is 11.7 Å². The van der Waals surface area contributed by atoms with Gasteiger partial charge in [-0.2, -0.15) is 5.26 Å². The van der Waals surface area contributed by atoms with E-state index in [0.29, 0.717) is 11.1 Å². The largest absolute Gasteiger partial charge is 0.458 e. The number of rotatable bonds is 1. The highest BCUT2D eigenvalue weighted by Crippen LogP contribution is 2.41. The number of fused-ring (bicyclic) bond motifs is 2. The summed E-state index contributed by atoms with van der Waals surface area (Å²) in [5.74, 6) is -0.484. The van der Waals surface area contributed by atoms with Crippen molar-refractivity contribution < 1.29 is 4.74 Å². The Morgan fingerprint density at radius 3 is 2.84 bits per heavy atom. The van der Waals surface area contributed by atoms with Crippen LogP contribution < -0.4 is 22.1 Å². The summed E-state index contributed by atoms with van der Waals surface area (Å²) >= 11 is 0. The Labute approximate surface area is 144 Å². The molecule has 1 fully saturated rings. The fraction of sp³-hybridized carbons (Fsp3) is 0.333. The molecule has 4 atom stereocenters. The molecule has 1 aromatic carbocycles. The third-order valence-electron chi connectivity index (χ3n) is 5.08. The van der Waals surface area contributed by atoms with E-state index in [9.17, 15) is 10.1 Å². The summed E-state index contributed by atoms with van der Waals surface area (Å²) in [5.41, 5.74) is 14.6. The lowest BCUT2D eigenvalue weighted by molar-refractivity contribution is 0.0349. The zero-order valence-corrected chi connectivity index (χ0v) is 14.0. The first-order chi connectivity index (χ1) is 12.0. The van der Waals surface area contributed by atoms with Crippen LogP contribution in [0.2, 0.25) is 0 Å². The molecule has 2 aliphatic rings. The van der Waals surface area contributed by atoms with Crippen LogP contribution in [0.25, 0.3) is 10.9 Å². The summed E-state index contributed by atoms with van der Waals surface area (Å²) in [4.78, 5) is 15.7. The predicted molar refractivity (Wildman–Crippen MR) is 93.0 cm³/mol. The third-order valence-corrected chi connectivity index (χ3v) is 5.08. The normalized spacial score (nSPS) is 28.5. The minimum absolute atomic E-state index is 0.0135. The van der Waals surface area contributed by atoms with Gasteiger partial charge in [-0.1, -0.05) is 12.1 Å². The summed E-state index contributed by atoms with van der Waals surface area (Å²) in [7, 11) is 0. The van der Waals surface area contributed by atoms with E-state index in [1.807, 2.05) is 38.1 Å². The van der Waals surface area contributed by atoms with Gasteiger partial charge in [0.15, 0.2) is 6.23 Å². The first-order valence-electron chi connectivity index (χ1n) is 8.20. The summed E-state index contributed by atoms with van der Waals surface area (Å²) in [5, 5.41) is 10.5. The van der Waals surface area contributed by atoms with Gasteiger partial charge in [-0.05, 0) is 36.9 Å². The van der Waals surface area contributed by atoms with Gasteiger partial charge < -0.3 is 15.5 Å². The smallest absolute Gasteiger partial charge is 0.252 e. The Balaban J connectivity index is 1.94. The van der Waals surface area contributed by atoms with Gasteiger partial charge in [0, 0.05) is 29.0 Å². The van der Waals surface area contributed by atoms with Crippen LogP contribution in [0.15, 0.2) is 40.5 Å². The molecule has 4 rings (SSSR count). The first-order valence-corrected chi connectivity index (χ1v) is 8.20. The Hall–Kier alpha value is -2.82. The van der Waals surface area contributed by atoms with Gasteiger partial charge in [-0.3, -0.25) is 10.2 Å². The van der Waals surface area contributed by atoms with Gasteiger partial charge in [0.05, 0.1) is 5.57 Å². The van der Waals surface area contributed by atoms with E-state index in [0.717, 1.165) is 16.5 Å². The fourth-order valence-electron chi connectivity index (χ4n) is 3.84. The van der Waals surface area contributed by atoms with Crippen molar-refractivity contribution in [1.29, 1.82) is 5.26 Å². The van der Waals surface area contributed by atoms with Crippen molar-refractivity contribution in [3.05, 3.63) is 57.2 Å². The van der Waals surface area contributed by atoms with E-state index in [4.69, 9.17) is 10.5 Å². The van der Waals surface area contributed by atoms with E-state index in [-0.39, 0.29) is 29.6 Å². The number of benzene rings is 1. The van der Waals surface area contributed by atoms with Crippen LogP contribution in [0, 0.1) is 24.2 Å². The maximum Gasteiger partial charge on any atom is 0.252 e. The van der Waals surface area contributed by atoms with Crippen molar-refractivity contribution in [2.75, 3.05) is 0 Å². The molecule has 25 heavy (non-hydrogen) atoms. The molecule has 0 aliphatic carbocycles. The number of nitrogens with one attached hydrogen (secondary N) is 3. The van der Waals surface area contributed by atoms with E-state index >= 15 is 0 Å². The maximum absolute atomic E-state index is 12.8. The van der Waals surface area contributed by atoms with Crippen LogP contribution in [0.4, 0.5) is 0 Å². The standard InChI is InChI=1S/C18H19N5O2/c1-8-3-4-10-6-11(17(24)21-13(10)5-8)15-12(7-19)16(20)25-18-14(15)9(2)22-23-18/h3-6,9,14-15,18,22-23H,20H2,1-2H3,(H,21,24). The molecule has 128 valence electrons.